The lowest BCUT2D eigenvalue weighted by atomic mass is 9.97. The van der Waals surface area contributed by atoms with Crippen molar-refractivity contribution in [2.45, 2.75) is 26.2 Å². The molecule has 1 aromatic rings. The van der Waals surface area contributed by atoms with Crippen LogP contribution in [0, 0.1) is 0 Å². The number of halogens is 1. The number of benzene rings is 1. The van der Waals surface area contributed by atoms with Crippen LogP contribution >= 0.6 is 11.6 Å². The third-order valence-electron chi connectivity index (χ3n) is 3.40. The Hall–Kier alpha value is -1.22. The predicted molar refractivity (Wildman–Crippen MR) is 83.9 cm³/mol. The fraction of sp³-hybridized carbons (Fsp3) is 0.533. The molecule has 0 spiro atoms. The molecule has 0 bridgehead atoms. The maximum absolute atomic E-state index is 6.56. The van der Waals surface area contributed by atoms with Crippen LogP contribution in [0.4, 0.5) is 5.69 Å². The summed E-state index contributed by atoms with van der Waals surface area (Å²) in [6.07, 6.45) is 0.792. The van der Waals surface area contributed by atoms with Gasteiger partial charge in [0.15, 0.2) is 0 Å². The minimum Gasteiger partial charge on any atom is -0.378 e. The van der Waals surface area contributed by atoms with E-state index in [9.17, 15) is 0 Å². The number of aliphatic imine (C=N–C) groups is 1. The van der Waals surface area contributed by atoms with Gasteiger partial charge in [0.1, 0.15) is 5.84 Å². The fourth-order valence-electron chi connectivity index (χ4n) is 2.24. The number of nitrogens with zero attached hydrogens (tertiary/aromatic N) is 2. The van der Waals surface area contributed by atoms with Crippen LogP contribution in [0.1, 0.15) is 30.9 Å². The molecular formula is C15H22ClN3. The quantitative estimate of drug-likeness (QED) is 0.917. The van der Waals surface area contributed by atoms with E-state index in [2.05, 4.69) is 55.3 Å². The second-order valence-corrected chi connectivity index (χ2v) is 5.87. The molecule has 1 aliphatic rings. The van der Waals surface area contributed by atoms with Gasteiger partial charge in [-0.2, -0.15) is 0 Å². The van der Waals surface area contributed by atoms with Crippen molar-refractivity contribution >= 4 is 23.1 Å². The molecule has 0 aliphatic carbocycles. The van der Waals surface area contributed by atoms with Crippen LogP contribution < -0.4 is 10.2 Å². The van der Waals surface area contributed by atoms with E-state index in [1.807, 2.05) is 0 Å². The second-order valence-electron chi connectivity index (χ2n) is 5.49. The second kappa shape index (κ2) is 5.83. The van der Waals surface area contributed by atoms with Crippen molar-refractivity contribution in [3.63, 3.8) is 0 Å². The molecule has 104 valence electrons. The Morgan fingerprint density at radius 1 is 1.37 bits per heavy atom. The standard InChI is InChI=1S/C15H22ClN3/c1-10(2)13-9-12(19(3)4)7-11(15(13)16)8-14-17-5-6-18-14/h7,9-10H,5-6,8H2,1-4H3,(H,17,18). The summed E-state index contributed by atoms with van der Waals surface area (Å²) in [5.41, 5.74) is 3.56. The van der Waals surface area contributed by atoms with Crippen LogP contribution in [0.15, 0.2) is 17.1 Å². The fourth-order valence-corrected chi connectivity index (χ4v) is 2.64. The van der Waals surface area contributed by atoms with Crippen LogP contribution in [0.3, 0.4) is 0 Å². The number of rotatable bonds is 4. The maximum atomic E-state index is 6.56. The van der Waals surface area contributed by atoms with Crippen LogP contribution in [-0.4, -0.2) is 33.0 Å². The Morgan fingerprint density at radius 3 is 2.63 bits per heavy atom. The van der Waals surface area contributed by atoms with Crippen molar-refractivity contribution < 1.29 is 0 Å². The third-order valence-corrected chi connectivity index (χ3v) is 3.86. The topological polar surface area (TPSA) is 27.6 Å². The van der Waals surface area contributed by atoms with Crippen molar-refractivity contribution in [2.75, 3.05) is 32.1 Å². The summed E-state index contributed by atoms with van der Waals surface area (Å²) >= 11 is 6.56. The lowest BCUT2D eigenvalue weighted by Gasteiger charge is -2.20. The van der Waals surface area contributed by atoms with Crippen LogP contribution in [-0.2, 0) is 6.42 Å². The number of hydrogen-bond acceptors (Lipinski definition) is 3. The monoisotopic (exact) mass is 279 g/mol. The smallest absolute Gasteiger partial charge is 0.101 e. The van der Waals surface area contributed by atoms with Gasteiger partial charge in [0.05, 0.1) is 6.54 Å². The minimum absolute atomic E-state index is 0.421. The van der Waals surface area contributed by atoms with Gasteiger partial charge in [-0.15, -0.1) is 0 Å². The molecular weight excluding hydrogens is 258 g/mol. The van der Waals surface area contributed by atoms with Crippen LogP contribution in [0.5, 0.6) is 0 Å². The summed E-state index contributed by atoms with van der Waals surface area (Å²) in [5.74, 6) is 1.47. The first kappa shape index (κ1) is 14.2. The first-order valence-corrected chi connectivity index (χ1v) is 7.13. The van der Waals surface area contributed by atoms with Gasteiger partial charge >= 0.3 is 0 Å². The first-order valence-electron chi connectivity index (χ1n) is 6.76. The average molecular weight is 280 g/mol. The molecule has 0 atom stereocenters. The molecule has 0 aromatic heterocycles. The molecule has 19 heavy (non-hydrogen) atoms. The molecule has 1 aliphatic heterocycles. The van der Waals surface area contributed by atoms with Crippen LogP contribution in [0.2, 0.25) is 5.02 Å². The number of hydrogen-bond donors (Lipinski definition) is 1. The van der Waals surface area contributed by atoms with Crippen molar-refractivity contribution in [1.82, 2.24) is 5.32 Å². The molecule has 0 amide bonds. The Kier molecular flexibility index (Phi) is 4.35. The van der Waals surface area contributed by atoms with Crippen molar-refractivity contribution in [3.05, 3.63) is 28.3 Å². The van der Waals surface area contributed by atoms with E-state index in [-0.39, 0.29) is 0 Å². The van der Waals surface area contributed by atoms with E-state index in [0.29, 0.717) is 5.92 Å². The summed E-state index contributed by atoms with van der Waals surface area (Å²) in [6, 6.07) is 4.34. The zero-order chi connectivity index (χ0) is 14.0. The Bertz CT molecular complexity index is 492. The first-order chi connectivity index (χ1) is 8.99. The molecule has 1 N–H and O–H groups in total. The molecule has 2 rings (SSSR count). The molecule has 0 radical (unpaired) electrons. The zero-order valence-corrected chi connectivity index (χ0v) is 12.9. The van der Waals surface area contributed by atoms with Crippen molar-refractivity contribution in [3.8, 4) is 0 Å². The molecule has 0 saturated carbocycles. The number of anilines is 1. The van der Waals surface area contributed by atoms with Gasteiger partial charge < -0.3 is 10.2 Å². The molecule has 0 unspecified atom stereocenters. The maximum Gasteiger partial charge on any atom is 0.101 e. The highest BCUT2D eigenvalue weighted by atomic mass is 35.5. The van der Waals surface area contributed by atoms with Gasteiger partial charge in [-0.1, -0.05) is 25.4 Å². The average Bonchev–Trinajstić information content (AvgIpc) is 2.83. The number of amidine groups is 1. The molecule has 0 fully saturated rings. The Balaban J connectivity index is 2.39. The largest absolute Gasteiger partial charge is 0.378 e. The molecule has 1 aromatic carbocycles. The lowest BCUT2D eigenvalue weighted by molar-refractivity contribution is 0.862. The summed E-state index contributed by atoms with van der Waals surface area (Å²) in [4.78, 5) is 6.58. The molecule has 0 saturated heterocycles. The van der Waals surface area contributed by atoms with Crippen LogP contribution in [0.25, 0.3) is 0 Å². The highest BCUT2D eigenvalue weighted by Crippen LogP contribution is 2.32. The SMILES string of the molecule is CC(C)c1cc(N(C)C)cc(CC2=NCCN2)c1Cl. The molecule has 4 heteroatoms. The Morgan fingerprint density at radius 2 is 2.11 bits per heavy atom. The van der Waals surface area contributed by atoms with E-state index in [1.54, 1.807) is 0 Å². The zero-order valence-electron chi connectivity index (χ0n) is 12.1. The van der Waals surface area contributed by atoms with E-state index >= 15 is 0 Å². The predicted octanol–water partition coefficient (Wildman–Crippen LogP) is 3.07. The van der Waals surface area contributed by atoms with Gasteiger partial charge in [0.2, 0.25) is 0 Å². The van der Waals surface area contributed by atoms with Crippen molar-refractivity contribution in [2.24, 2.45) is 4.99 Å². The normalized spacial score (nSPS) is 14.5. The summed E-state index contributed by atoms with van der Waals surface area (Å²) < 4.78 is 0. The third kappa shape index (κ3) is 3.21. The highest BCUT2D eigenvalue weighted by molar-refractivity contribution is 6.32. The van der Waals surface area contributed by atoms with Gasteiger partial charge in [-0.3, -0.25) is 4.99 Å². The van der Waals surface area contributed by atoms with Crippen molar-refractivity contribution in [1.29, 1.82) is 0 Å². The van der Waals surface area contributed by atoms with Gasteiger partial charge in [0.25, 0.3) is 0 Å². The van der Waals surface area contributed by atoms with E-state index in [4.69, 9.17) is 11.6 Å². The van der Waals surface area contributed by atoms with E-state index in [1.165, 1.54) is 11.3 Å². The summed E-state index contributed by atoms with van der Waals surface area (Å²) in [7, 11) is 4.12. The van der Waals surface area contributed by atoms with Gasteiger partial charge in [-0.25, -0.2) is 0 Å². The van der Waals surface area contributed by atoms with E-state index < -0.39 is 0 Å². The molecule has 1 heterocycles. The highest BCUT2D eigenvalue weighted by Gasteiger charge is 2.15. The van der Waals surface area contributed by atoms with Gasteiger partial charge in [-0.05, 0) is 29.2 Å². The summed E-state index contributed by atoms with van der Waals surface area (Å²) in [5, 5.41) is 4.19. The Labute approximate surface area is 120 Å². The molecule has 3 nitrogen and oxygen atoms in total. The van der Waals surface area contributed by atoms with Gasteiger partial charge in [0, 0.05) is 37.8 Å². The lowest BCUT2D eigenvalue weighted by Crippen LogP contribution is -2.21. The summed E-state index contributed by atoms with van der Waals surface area (Å²) in [6.45, 7) is 6.17. The minimum atomic E-state index is 0.421. The number of nitrogens with one attached hydrogen (secondary N) is 1. The van der Waals surface area contributed by atoms with E-state index in [0.717, 1.165) is 35.9 Å².